The average Bonchev–Trinajstić information content (AvgIpc) is 2.84. The van der Waals surface area contributed by atoms with Crippen LogP contribution in [0.3, 0.4) is 0 Å². The molecule has 1 N–H and O–H groups in total. The molecule has 0 saturated carbocycles. The number of carbonyl (C=O) groups is 1. The number of hydrogen-bond donors (Lipinski definition) is 1. The first-order valence-electron chi connectivity index (χ1n) is 6.78. The van der Waals surface area contributed by atoms with Crippen molar-refractivity contribution in [2.75, 3.05) is 12.4 Å². The highest BCUT2D eigenvalue weighted by atomic mass is 32.1. The van der Waals surface area contributed by atoms with Crippen molar-refractivity contribution in [1.29, 1.82) is 0 Å². The molecule has 1 heterocycles. The van der Waals surface area contributed by atoms with Gasteiger partial charge >= 0.3 is 0 Å². The van der Waals surface area contributed by atoms with Gasteiger partial charge in [-0.25, -0.2) is 4.98 Å². The lowest BCUT2D eigenvalue weighted by Crippen LogP contribution is -2.19. The van der Waals surface area contributed by atoms with Gasteiger partial charge in [0, 0.05) is 17.4 Å². The number of aromatic nitrogens is 1. The number of methoxy groups -OCH3 is 1. The Morgan fingerprint density at radius 1 is 1.33 bits per heavy atom. The minimum Gasteiger partial charge on any atom is -0.496 e. The lowest BCUT2D eigenvalue weighted by atomic mass is 9.92. The fourth-order valence-electron chi connectivity index (χ4n) is 1.96. The van der Waals surface area contributed by atoms with E-state index in [9.17, 15) is 4.79 Å². The third-order valence-corrected chi connectivity index (χ3v) is 3.58. The number of benzene rings is 1. The van der Waals surface area contributed by atoms with Crippen molar-refractivity contribution >= 4 is 22.4 Å². The van der Waals surface area contributed by atoms with Gasteiger partial charge in [-0.3, -0.25) is 4.79 Å². The molecule has 1 aromatic heterocycles. The van der Waals surface area contributed by atoms with Crippen LogP contribution in [0.25, 0.3) is 11.3 Å². The summed E-state index contributed by atoms with van der Waals surface area (Å²) in [6.07, 6.45) is 0.469. The smallest absolute Gasteiger partial charge is 0.226 e. The molecule has 0 spiro atoms. The number of amides is 1. The molecule has 0 fully saturated rings. The third kappa shape index (κ3) is 4.29. The van der Waals surface area contributed by atoms with E-state index in [1.54, 1.807) is 7.11 Å². The summed E-state index contributed by atoms with van der Waals surface area (Å²) in [5.41, 5.74) is 1.70. The Morgan fingerprint density at radius 3 is 2.71 bits per heavy atom. The minimum absolute atomic E-state index is 0.0107. The van der Waals surface area contributed by atoms with Gasteiger partial charge in [0.05, 0.1) is 12.8 Å². The van der Waals surface area contributed by atoms with E-state index in [4.69, 9.17) is 4.74 Å². The van der Waals surface area contributed by atoms with E-state index in [1.165, 1.54) is 11.3 Å². The maximum atomic E-state index is 11.9. The van der Waals surface area contributed by atoms with Gasteiger partial charge in [0.1, 0.15) is 5.75 Å². The van der Waals surface area contributed by atoms with Crippen LogP contribution in [0.4, 0.5) is 5.13 Å². The third-order valence-electron chi connectivity index (χ3n) is 2.82. The second-order valence-corrected chi connectivity index (χ2v) is 6.88. The molecule has 2 aromatic rings. The zero-order chi connectivity index (χ0) is 15.5. The van der Waals surface area contributed by atoms with Crippen molar-refractivity contribution in [3.05, 3.63) is 29.6 Å². The van der Waals surface area contributed by atoms with Gasteiger partial charge in [-0.2, -0.15) is 0 Å². The maximum absolute atomic E-state index is 11.9. The van der Waals surface area contributed by atoms with E-state index in [-0.39, 0.29) is 11.3 Å². The zero-order valence-corrected chi connectivity index (χ0v) is 13.6. The fraction of sp³-hybridized carbons (Fsp3) is 0.375. The molecule has 21 heavy (non-hydrogen) atoms. The molecule has 0 aliphatic carbocycles. The van der Waals surface area contributed by atoms with Gasteiger partial charge in [0.15, 0.2) is 5.13 Å². The molecule has 112 valence electrons. The Morgan fingerprint density at radius 2 is 2.05 bits per heavy atom. The highest BCUT2D eigenvalue weighted by Gasteiger charge is 2.17. The molecule has 1 aromatic carbocycles. The lowest BCUT2D eigenvalue weighted by molar-refractivity contribution is -0.117. The molecule has 0 aliphatic rings. The number of nitrogens with one attached hydrogen (secondary N) is 1. The molecule has 2 rings (SSSR count). The number of ether oxygens (including phenoxy) is 1. The van der Waals surface area contributed by atoms with Crippen LogP contribution in [-0.2, 0) is 4.79 Å². The first-order valence-corrected chi connectivity index (χ1v) is 7.66. The van der Waals surface area contributed by atoms with Gasteiger partial charge in [0.25, 0.3) is 0 Å². The number of rotatable bonds is 4. The fourth-order valence-corrected chi connectivity index (χ4v) is 2.68. The molecule has 1 amide bonds. The van der Waals surface area contributed by atoms with E-state index in [2.05, 4.69) is 10.3 Å². The predicted octanol–water partition coefficient (Wildman–Crippen LogP) is 4.19. The predicted molar refractivity (Wildman–Crippen MR) is 86.8 cm³/mol. The van der Waals surface area contributed by atoms with Crippen LogP contribution in [0, 0.1) is 5.41 Å². The summed E-state index contributed by atoms with van der Waals surface area (Å²) < 4.78 is 5.33. The monoisotopic (exact) mass is 304 g/mol. The van der Waals surface area contributed by atoms with Crippen LogP contribution >= 0.6 is 11.3 Å². The highest BCUT2D eigenvalue weighted by molar-refractivity contribution is 7.14. The SMILES string of the molecule is COc1ccccc1-c1csc(NC(=O)CC(C)(C)C)n1. The van der Waals surface area contributed by atoms with Crippen LogP contribution in [0.1, 0.15) is 27.2 Å². The molecule has 0 saturated heterocycles. The van der Waals surface area contributed by atoms with E-state index in [1.807, 2.05) is 50.4 Å². The molecule has 0 aliphatic heterocycles. The molecule has 0 atom stereocenters. The first kappa shape index (κ1) is 15.5. The molecular formula is C16H20N2O2S. The van der Waals surface area contributed by atoms with Gasteiger partial charge < -0.3 is 10.1 Å². The molecular weight excluding hydrogens is 284 g/mol. The molecule has 5 heteroatoms. The van der Waals surface area contributed by atoms with Crippen molar-refractivity contribution in [2.24, 2.45) is 5.41 Å². The number of hydrogen-bond acceptors (Lipinski definition) is 4. The van der Waals surface area contributed by atoms with Crippen LogP contribution in [0.2, 0.25) is 0 Å². The van der Waals surface area contributed by atoms with Crippen LogP contribution in [-0.4, -0.2) is 18.0 Å². The normalized spacial score (nSPS) is 11.2. The summed E-state index contributed by atoms with van der Waals surface area (Å²) >= 11 is 1.42. The lowest BCUT2D eigenvalue weighted by Gasteiger charge is -2.16. The highest BCUT2D eigenvalue weighted by Crippen LogP contribution is 2.32. The Balaban J connectivity index is 2.13. The number of carbonyl (C=O) groups excluding carboxylic acids is 1. The van der Waals surface area contributed by atoms with Crippen molar-refractivity contribution in [3.63, 3.8) is 0 Å². The number of anilines is 1. The van der Waals surface area contributed by atoms with E-state index < -0.39 is 0 Å². The number of nitrogens with zero attached hydrogens (tertiary/aromatic N) is 1. The van der Waals surface area contributed by atoms with E-state index in [0.29, 0.717) is 11.6 Å². The van der Waals surface area contributed by atoms with Crippen molar-refractivity contribution in [3.8, 4) is 17.0 Å². The van der Waals surface area contributed by atoms with Gasteiger partial charge in [0.2, 0.25) is 5.91 Å². The van der Waals surface area contributed by atoms with Crippen LogP contribution in [0.5, 0.6) is 5.75 Å². The van der Waals surface area contributed by atoms with Crippen LogP contribution in [0.15, 0.2) is 29.6 Å². The number of para-hydroxylation sites is 1. The maximum Gasteiger partial charge on any atom is 0.226 e. The summed E-state index contributed by atoms with van der Waals surface area (Å²) in [5.74, 6) is 0.763. The van der Waals surface area contributed by atoms with Crippen LogP contribution < -0.4 is 10.1 Å². The minimum atomic E-state index is -0.0349. The quantitative estimate of drug-likeness (QED) is 0.921. The standard InChI is InChI=1S/C16H20N2O2S/c1-16(2,3)9-14(19)18-15-17-12(10-21-15)11-7-5-6-8-13(11)20-4/h5-8,10H,9H2,1-4H3,(H,17,18,19). The zero-order valence-electron chi connectivity index (χ0n) is 12.8. The second-order valence-electron chi connectivity index (χ2n) is 6.02. The Kier molecular flexibility index (Phi) is 4.63. The van der Waals surface area contributed by atoms with Crippen molar-refractivity contribution < 1.29 is 9.53 Å². The molecule has 0 bridgehead atoms. The van der Waals surface area contributed by atoms with Gasteiger partial charge in [-0.1, -0.05) is 32.9 Å². The average molecular weight is 304 g/mol. The molecule has 0 unspecified atom stereocenters. The second kappa shape index (κ2) is 6.26. The topological polar surface area (TPSA) is 51.2 Å². The summed E-state index contributed by atoms with van der Waals surface area (Å²) in [5, 5.41) is 5.39. The van der Waals surface area contributed by atoms with Crippen molar-refractivity contribution in [2.45, 2.75) is 27.2 Å². The molecule has 4 nitrogen and oxygen atoms in total. The summed E-state index contributed by atoms with van der Waals surface area (Å²) in [6, 6.07) is 7.71. The first-order chi connectivity index (χ1) is 9.89. The van der Waals surface area contributed by atoms with E-state index >= 15 is 0 Å². The summed E-state index contributed by atoms with van der Waals surface area (Å²) in [4.78, 5) is 16.4. The summed E-state index contributed by atoms with van der Waals surface area (Å²) in [7, 11) is 1.64. The van der Waals surface area contributed by atoms with Crippen molar-refractivity contribution in [1.82, 2.24) is 4.98 Å². The Bertz CT molecular complexity index is 629. The Hall–Kier alpha value is -1.88. The number of thiazole rings is 1. The Labute approximate surface area is 129 Å². The van der Waals surface area contributed by atoms with Gasteiger partial charge in [-0.15, -0.1) is 11.3 Å². The van der Waals surface area contributed by atoms with E-state index in [0.717, 1.165) is 17.0 Å². The van der Waals surface area contributed by atoms with Gasteiger partial charge in [-0.05, 0) is 17.5 Å². The molecule has 0 radical (unpaired) electrons. The largest absolute Gasteiger partial charge is 0.496 e. The summed E-state index contributed by atoms with van der Waals surface area (Å²) in [6.45, 7) is 6.11.